The molecule has 0 fully saturated rings. The third-order valence-corrected chi connectivity index (χ3v) is 6.48. The van der Waals surface area contributed by atoms with Crippen LogP contribution in [0.1, 0.15) is 34.4 Å². The van der Waals surface area contributed by atoms with Gasteiger partial charge in [0.05, 0.1) is 33.3 Å². The number of carbonyl (C=O) groups is 1. The van der Waals surface area contributed by atoms with Gasteiger partial charge in [0.2, 0.25) is 0 Å². The Balaban J connectivity index is 1.76. The maximum atomic E-state index is 14.2. The zero-order valence-electron chi connectivity index (χ0n) is 18.0. The van der Waals surface area contributed by atoms with Crippen LogP contribution in [-0.4, -0.2) is 15.8 Å². The summed E-state index contributed by atoms with van der Waals surface area (Å²) in [6.45, 7) is 0. The zero-order chi connectivity index (χ0) is 24.1. The summed E-state index contributed by atoms with van der Waals surface area (Å²) in [5.74, 6) is -1.07. The summed E-state index contributed by atoms with van der Waals surface area (Å²) < 4.78 is 0. The minimum absolute atomic E-state index is 0.00963. The molecule has 7 heteroatoms. The van der Waals surface area contributed by atoms with E-state index in [1.807, 2.05) is 48.5 Å². The second-order valence-corrected chi connectivity index (χ2v) is 9.72. The van der Waals surface area contributed by atoms with Crippen LogP contribution in [0, 0.1) is 0 Å². The fraction of sp³-hybridized carbons (Fsp3) is 0.148. The monoisotopic (exact) mass is 528 g/mol. The second kappa shape index (κ2) is 11.3. The highest BCUT2D eigenvalue weighted by atomic mass is 35.5. The first kappa shape index (κ1) is 24.7. The molecule has 2 aromatic heterocycles. The number of aromatic nitrogens is 2. The van der Waals surface area contributed by atoms with Crippen LogP contribution in [0.15, 0.2) is 85.2 Å². The van der Waals surface area contributed by atoms with Crippen molar-refractivity contribution < 1.29 is 4.79 Å². The molecule has 0 amide bonds. The van der Waals surface area contributed by atoms with E-state index in [-0.39, 0.29) is 5.78 Å². The fourth-order valence-electron chi connectivity index (χ4n) is 3.93. The molecule has 0 aliphatic carbocycles. The van der Waals surface area contributed by atoms with E-state index in [0.29, 0.717) is 44.3 Å². The van der Waals surface area contributed by atoms with Crippen LogP contribution in [0.5, 0.6) is 0 Å². The van der Waals surface area contributed by atoms with E-state index >= 15 is 0 Å². The molecule has 4 rings (SSSR count). The number of ketones is 1. The molecule has 3 nitrogen and oxygen atoms in total. The molecule has 0 radical (unpaired) electrons. The standard InChI is InChI=1S/C27H20Cl4N2O/c28-19-5-1-3-17(11-19)13-23(25-9-7-21(30)15-32-25)27(34)24(26-10-8-22(31)16-33-26)14-18-4-2-6-20(29)12-18/h1-12,15-16,23-24H,13-14H2. The van der Waals surface area contributed by atoms with Gasteiger partial charge >= 0.3 is 0 Å². The van der Waals surface area contributed by atoms with Gasteiger partial charge in [0.1, 0.15) is 0 Å². The van der Waals surface area contributed by atoms with Crippen LogP contribution in [-0.2, 0) is 17.6 Å². The third-order valence-electron chi connectivity index (χ3n) is 5.56. The summed E-state index contributed by atoms with van der Waals surface area (Å²) in [6.07, 6.45) is 3.99. The van der Waals surface area contributed by atoms with E-state index in [2.05, 4.69) is 9.97 Å². The molecule has 34 heavy (non-hydrogen) atoms. The Morgan fingerprint density at radius 1 is 0.618 bits per heavy atom. The van der Waals surface area contributed by atoms with Crippen molar-refractivity contribution in [3.63, 3.8) is 0 Å². The largest absolute Gasteiger partial charge is 0.298 e. The van der Waals surface area contributed by atoms with Crippen molar-refractivity contribution in [3.05, 3.63) is 128 Å². The van der Waals surface area contributed by atoms with Crippen LogP contribution < -0.4 is 0 Å². The van der Waals surface area contributed by atoms with Gasteiger partial charge in [0.15, 0.2) is 5.78 Å². The maximum absolute atomic E-state index is 14.2. The van der Waals surface area contributed by atoms with Crippen LogP contribution in [0.25, 0.3) is 0 Å². The van der Waals surface area contributed by atoms with Gasteiger partial charge in [-0.2, -0.15) is 0 Å². The van der Waals surface area contributed by atoms with Gasteiger partial charge < -0.3 is 0 Å². The Hall–Kier alpha value is -2.43. The number of hydrogen-bond acceptors (Lipinski definition) is 3. The van der Waals surface area contributed by atoms with Crippen molar-refractivity contribution in [1.29, 1.82) is 0 Å². The first-order chi connectivity index (χ1) is 16.4. The number of halogens is 4. The molecule has 0 N–H and O–H groups in total. The fourth-order valence-corrected chi connectivity index (χ4v) is 4.58. The summed E-state index contributed by atoms with van der Waals surface area (Å²) in [5, 5.41) is 2.24. The third kappa shape index (κ3) is 6.37. The minimum atomic E-state index is -0.530. The number of hydrogen-bond donors (Lipinski definition) is 0. The summed E-state index contributed by atoms with van der Waals surface area (Å²) in [4.78, 5) is 23.1. The molecule has 0 bridgehead atoms. The van der Waals surface area contributed by atoms with E-state index < -0.39 is 11.8 Å². The van der Waals surface area contributed by atoms with E-state index in [9.17, 15) is 4.79 Å². The highest BCUT2D eigenvalue weighted by Gasteiger charge is 2.32. The Morgan fingerprint density at radius 3 is 1.41 bits per heavy atom. The molecule has 2 aromatic carbocycles. The highest BCUT2D eigenvalue weighted by molar-refractivity contribution is 6.31. The molecule has 0 aliphatic rings. The lowest BCUT2D eigenvalue weighted by Crippen LogP contribution is -2.25. The molecule has 2 atom stereocenters. The maximum Gasteiger partial charge on any atom is 0.151 e. The number of pyridine rings is 2. The summed E-state index contributed by atoms with van der Waals surface area (Å²) in [7, 11) is 0. The Morgan fingerprint density at radius 2 is 1.06 bits per heavy atom. The van der Waals surface area contributed by atoms with Gasteiger partial charge in [0, 0.05) is 22.4 Å². The normalized spacial score (nSPS) is 12.8. The first-order valence-corrected chi connectivity index (χ1v) is 12.2. The average molecular weight is 530 g/mol. The smallest absolute Gasteiger partial charge is 0.151 e. The van der Waals surface area contributed by atoms with Crippen LogP contribution in [0.2, 0.25) is 20.1 Å². The number of carbonyl (C=O) groups excluding carboxylic acids is 1. The molecule has 0 saturated heterocycles. The van der Waals surface area contributed by atoms with Crippen molar-refractivity contribution in [1.82, 2.24) is 9.97 Å². The number of Topliss-reactive ketones (excluding diaryl/α,β-unsaturated/α-hetero) is 1. The molecule has 0 saturated carbocycles. The zero-order valence-corrected chi connectivity index (χ0v) is 21.0. The highest BCUT2D eigenvalue weighted by Crippen LogP contribution is 2.32. The number of benzene rings is 2. The summed E-state index contributed by atoms with van der Waals surface area (Å²) in [5.41, 5.74) is 3.15. The summed E-state index contributed by atoms with van der Waals surface area (Å²) >= 11 is 24.6. The lowest BCUT2D eigenvalue weighted by molar-refractivity contribution is -0.122. The van der Waals surface area contributed by atoms with Crippen LogP contribution >= 0.6 is 46.4 Å². The van der Waals surface area contributed by atoms with Crippen LogP contribution in [0.3, 0.4) is 0 Å². The molecule has 2 heterocycles. The van der Waals surface area contributed by atoms with Gasteiger partial charge in [-0.15, -0.1) is 0 Å². The molecule has 4 aromatic rings. The van der Waals surface area contributed by atoms with Crippen molar-refractivity contribution in [3.8, 4) is 0 Å². The second-order valence-electron chi connectivity index (χ2n) is 7.98. The quantitative estimate of drug-likeness (QED) is 0.232. The van der Waals surface area contributed by atoms with Gasteiger partial charge in [0.25, 0.3) is 0 Å². The number of nitrogens with zero attached hydrogens (tertiary/aromatic N) is 2. The van der Waals surface area contributed by atoms with Gasteiger partial charge in [-0.05, 0) is 72.5 Å². The van der Waals surface area contributed by atoms with Crippen molar-refractivity contribution in [2.24, 2.45) is 0 Å². The number of rotatable bonds is 8. The predicted octanol–water partition coefficient (Wildman–Crippen LogP) is 8.01. The lowest BCUT2D eigenvalue weighted by atomic mass is 9.81. The lowest BCUT2D eigenvalue weighted by Gasteiger charge is -2.23. The molecule has 172 valence electrons. The van der Waals surface area contributed by atoms with Crippen LogP contribution in [0.4, 0.5) is 0 Å². The van der Waals surface area contributed by atoms with Gasteiger partial charge in [-0.25, -0.2) is 0 Å². The Bertz CT molecular complexity index is 1180. The van der Waals surface area contributed by atoms with E-state index in [0.717, 1.165) is 11.1 Å². The average Bonchev–Trinajstić information content (AvgIpc) is 2.82. The first-order valence-electron chi connectivity index (χ1n) is 10.6. The molecule has 2 unspecified atom stereocenters. The van der Waals surface area contributed by atoms with E-state index in [1.54, 1.807) is 36.7 Å². The molecule has 0 spiro atoms. The van der Waals surface area contributed by atoms with E-state index in [1.165, 1.54) is 0 Å². The topological polar surface area (TPSA) is 42.9 Å². The van der Waals surface area contributed by atoms with Gasteiger partial charge in [-0.1, -0.05) is 70.7 Å². The van der Waals surface area contributed by atoms with Crippen molar-refractivity contribution >= 4 is 52.2 Å². The van der Waals surface area contributed by atoms with Crippen molar-refractivity contribution in [2.75, 3.05) is 0 Å². The Kier molecular flexibility index (Phi) is 8.23. The minimum Gasteiger partial charge on any atom is -0.298 e. The summed E-state index contributed by atoms with van der Waals surface area (Å²) in [6, 6.07) is 22.1. The molecular formula is C27H20Cl4N2O. The SMILES string of the molecule is O=C(C(Cc1cccc(Cl)c1)c1ccc(Cl)cn1)C(Cc1cccc(Cl)c1)c1ccc(Cl)cn1. The van der Waals surface area contributed by atoms with Crippen molar-refractivity contribution in [2.45, 2.75) is 24.7 Å². The molecular weight excluding hydrogens is 510 g/mol. The van der Waals surface area contributed by atoms with E-state index in [4.69, 9.17) is 46.4 Å². The predicted molar refractivity (Wildman–Crippen MR) is 139 cm³/mol. The molecule has 0 aliphatic heterocycles. The van der Waals surface area contributed by atoms with Gasteiger partial charge in [-0.3, -0.25) is 14.8 Å². The Labute approximate surface area is 218 Å².